The number of ether oxygens (including phenoxy) is 3. The summed E-state index contributed by atoms with van der Waals surface area (Å²) in [4.78, 5) is 38.1. The first-order valence-corrected chi connectivity index (χ1v) is 27.8. The van der Waals surface area contributed by atoms with Crippen molar-refractivity contribution in [2.75, 3.05) is 13.2 Å². The van der Waals surface area contributed by atoms with E-state index in [0.717, 1.165) is 70.6 Å². The molecule has 0 aromatic rings. The minimum Gasteiger partial charge on any atom is -0.462 e. The van der Waals surface area contributed by atoms with Gasteiger partial charge in [0.15, 0.2) is 6.10 Å². The van der Waals surface area contributed by atoms with Crippen LogP contribution in [-0.2, 0) is 28.6 Å². The number of esters is 3. The van der Waals surface area contributed by atoms with E-state index in [0.29, 0.717) is 19.3 Å². The van der Waals surface area contributed by atoms with E-state index in [1.807, 2.05) is 0 Å². The van der Waals surface area contributed by atoms with Gasteiger partial charge in [0.05, 0.1) is 0 Å². The third kappa shape index (κ3) is 50.7. The molecule has 0 bridgehead atoms. The highest BCUT2D eigenvalue weighted by molar-refractivity contribution is 5.71. The fraction of sp³-hybridized carbons (Fsp3) is 0.877. The smallest absolute Gasteiger partial charge is 0.306 e. The van der Waals surface area contributed by atoms with Crippen LogP contribution in [0.1, 0.15) is 303 Å². The van der Waals surface area contributed by atoms with Gasteiger partial charge in [0.1, 0.15) is 13.2 Å². The van der Waals surface area contributed by atoms with E-state index < -0.39 is 6.10 Å². The van der Waals surface area contributed by atoms with Gasteiger partial charge >= 0.3 is 17.9 Å². The summed E-state index contributed by atoms with van der Waals surface area (Å²) in [5.74, 6) is -0.873. The SMILES string of the molecule is CCCCCCCCC=CCCCCCCCC(=O)OC[C@@H](COC(=O)CCCCCCCCCCCCCCCCC)OC(=O)CCCCCCCC=CCCCCCCCC. The fourth-order valence-corrected chi connectivity index (χ4v) is 8.20. The molecule has 1 atom stereocenters. The molecule has 0 saturated heterocycles. The predicted octanol–water partition coefficient (Wildman–Crippen LogP) is 18.3. The van der Waals surface area contributed by atoms with Gasteiger partial charge in [-0.05, 0) is 70.6 Å². The number of rotatable bonds is 51. The van der Waals surface area contributed by atoms with E-state index in [1.165, 1.54) is 193 Å². The van der Waals surface area contributed by atoms with Gasteiger partial charge in [-0.3, -0.25) is 14.4 Å². The number of unbranched alkanes of at least 4 members (excludes halogenated alkanes) is 36. The van der Waals surface area contributed by atoms with E-state index in [1.54, 1.807) is 0 Å². The van der Waals surface area contributed by atoms with Crippen molar-refractivity contribution in [1.82, 2.24) is 0 Å². The summed E-state index contributed by atoms with van der Waals surface area (Å²) in [5, 5.41) is 0. The summed E-state index contributed by atoms with van der Waals surface area (Å²) in [6, 6.07) is 0. The van der Waals surface area contributed by atoms with Crippen molar-refractivity contribution in [2.24, 2.45) is 0 Å². The molecule has 0 aliphatic carbocycles. The lowest BCUT2D eigenvalue weighted by atomic mass is 10.0. The van der Waals surface area contributed by atoms with Gasteiger partial charge in [-0.2, -0.15) is 0 Å². The summed E-state index contributed by atoms with van der Waals surface area (Å²) in [7, 11) is 0. The van der Waals surface area contributed by atoms with Gasteiger partial charge in [0.2, 0.25) is 0 Å². The molecule has 0 radical (unpaired) electrons. The Hall–Kier alpha value is -2.11. The summed E-state index contributed by atoms with van der Waals surface area (Å²) in [6.45, 7) is 6.65. The average molecular weight is 887 g/mol. The zero-order valence-electron chi connectivity index (χ0n) is 42.4. The molecular formula is C57H106O6. The lowest BCUT2D eigenvalue weighted by Crippen LogP contribution is -2.30. The van der Waals surface area contributed by atoms with Crippen molar-refractivity contribution in [3.63, 3.8) is 0 Å². The first-order valence-electron chi connectivity index (χ1n) is 27.8. The summed E-state index contributed by atoms with van der Waals surface area (Å²) < 4.78 is 16.8. The highest BCUT2D eigenvalue weighted by Gasteiger charge is 2.19. The van der Waals surface area contributed by atoms with E-state index in [4.69, 9.17) is 14.2 Å². The Morgan fingerprint density at radius 3 is 0.794 bits per heavy atom. The van der Waals surface area contributed by atoms with Gasteiger partial charge in [0.25, 0.3) is 0 Å². The normalized spacial score (nSPS) is 12.1. The molecule has 0 aromatic carbocycles. The highest BCUT2D eigenvalue weighted by atomic mass is 16.6. The van der Waals surface area contributed by atoms with Gasteiger partial charge in [-0.1, -0.05) is 238 Å². The van der Waals surface area contributed by atoms with Crippen LogP contribution in [0.2, 0.25) is 0 Å². The molecule has 0 spiro atoms. The van der Waals surface area contributed by atoms with E-state index >= 15 is 0 Å². The Kier molecular flexibility index (Phi) is 50.8. The Morgan fingerprint density at radius 2 is 0.524 bits per heavy atom. The Balaban J connectivity index is 4.36. The second-order valence-corrected chi connectivity index (χ2v) is 18.8. The molecule has 0 amide bonds. The largest absolute Gasteiger partial charge is 0.462 e. The highest BCUT2D eigenvalue weighted by Crippen LogP contribution is 2.16. The first-order chi connectivity index (χ1) is 31.0. The summed E-state index contributed by atoms with van der Waals surface area (Å²) in [6.07, 6.45) is 60.2. The maximum atomic E-state index is 12.8. The Morgan fingerprint density at radius 1 is 0.302 bits per heavy atom. The fourth-order valence-electron chi connectivity index (χ4n) is 8.20. The van der Waals surface area contributed by atoms with Crippen molar-refractivity contribution >= 4 is 17.9 Å². The van der Waals surface area contributed by atoms with Crippen molar-refractivity contribution in [3.05, 3.63) is 24.3 Å². The number of hydrogen-bond donors (Lipinski definition) is 0. The van der Waals surface area contributed by atoms with E-state index in [-0.39, 0.29) is 31.1 Å². The second kappa shape index (κ2) is 52.5. The van der Waals surface area contributed by atoms with Gasteiger partial charge in [-0.25, -0.2) is 0 Å². The minimum atomic E-state index is -0.774. The van der Waals surface area contributed by atoms with Gasteiger partial charge < -0.3 is 14.2 Å². The molecule has 6 nitrogen and oxygen atoms in total. The molecule has 0 aliphatic rings. The van der Waals surface area contributed by atoms with E-state index in [9.17, 15) is 14.4 Å². The lowest BCUT2D eigenvalue weighted by Gasteiger charge is -2.18. The van der Waals surface area contributed by atoms with Crippen LogP contribution in [0.15, 0.2) is 24.3 Å². The number of carbonyl (C=O) groups is 3. The summed E-state index contributed by atoms with van der Waals surface area (Å²) in [5.41, 5.74) is 0. The average Bonchev–Trinajstić information content (AvgIpc) is 3.28. The lowest BCUT2D eigenvalue weighted by molar-refractivity contribution is -0.167. The van der Waals surface area contributed by atoms with Crippen molar-refractivity contribution in [2.45, 2.75) is 309 Å². The molecule has 0 aliphatic heterocycles. The van der Waals surface area contributed by atoms with Gasteiger partial charge in [-0.15, -0.1) is 0 Å². The van der Waals surface area contributed by atoms with E-state index in [2.05, 4.69) is 45.1 Å². The minimum absolute atomic E-state index is 0.0730. The predicted molar refractivity (Wildman–Crippen MR) is 270 cm³/mol. The molecule has 0 fully saturated rings. The van der Waals surface area contributed by atoms with Crippen LogP contribution in [0.3, 0.4) is 0 Å². The molecule has 0 rings (SSSR count). The maximum Gasteiger partial charge on any atom is 0.306 e. The monoisotopic (exact) mass is 887 g/mol. The molecule has 63 heavy (non-hydrogen) atoms. The third-order valence-corrected chi connectivity index (χ3v) is 12.4. The number of hydrogen-bond acceptors (Lipinski definition) is 6. The van der Waals surface area contributed by atoms with Crippen molar-refractivity contribution < 1.29 is 28.6 Å². The molecule has 370 valence electrons. The first kappa shape index (κ1) is 60.9. The van der Waals surface area contributed by atoms with Crippen molar-refractivity contribution in [1.29, 1.82) is 0 Å². The quantitative estimate of drug-likeness (QED) is 0.0262. The van der Waals surface area contributed by atoms with Crippen LogP contribution in [0, 0.1) is 0 Å². The Bertz CT molecular complexity index is 1020. The van der Waals surface area contributed by atoms with Crippen LogP contribution in [0.4, 0.5) is 0 Å². The second-order valence-electron chi connectivity index (χ2n) is 18.8. The molecule has 0 heterocycles. The summed E-state index contributed by atoms with van der Waals surface area (Å²) >= 11 is 0. The third-order valence-electron chi connectivity index (χ3n) is 12.4. The van der Waals surface area contributed by atoms with Crippen LogP contribution in [0.25, 0.3) is 0 Å². The zero-order valence-corrected chi connectivity index (χ0v) is 42.4. The van der Waals surface area contributed by atoms with Gasteiger partial charge in [0, 0.05) is 19.3 Å². The molecule has 0 unspecified atom stereocenters. The standard InChI is InChI=1S/C57H106O6/c1-4-7-10-13-16-19-22-25-28-31-34-37-40-43-46-49-55(58)61-52-54(63-57(60)51-48-45-42-39-36-33-30-27-24-21-18-15-12-9-6-3)53-62-56(59)50-47-44-41-38-35-32-29-26-23-20-17-14-11-8-5-2/h25,27-28,30,54H,4-24,26,29,31-53H2,1-3H3/t54-/m0/s1. The Labute approximate surface area is 392 Å². The van der Waals surface area contributed by atoms with Crippen LogP contribution >= 0.6 is 0 Å². The molecule has 0 N–H and O–H groups in total. The maximum absolute atomic E-state index is 12.8. The topological polar surface area (TPSA) is 78.9 Å². The molecule has 0 saturated carbocycles. The van der Waals surface area contributed by atoms with Crippen LogP contribution in [-0.4, -0.2) is 37.2 Å². The zero-order chi connectivity index (χ0) is 45.8. The van der Waals surface area contributed by atoms with Crippen LogP contribution < -0.4 is 0 Å². The molecule has 0 aromatic heterocycles. The van der Waals surface area contributed by atoms with Crippen molar-refractivity contribution in [3.8, 4) is 0 Å². The number of allylic oxidation sites excluding steroid dienone is 4. The number of carbonyl (C=O) groups excluding carboxylic acids is 3. The van der Waals surface area contributed by atoms with Crippen LogP contribution in [0.5, 0.6) is 0 Å². The molecular weight excluding hydrogens is 781 g/mol. The molecule has 6 heteroatoms.